The third-order valence-electron chi connectivity index (χ3n) is 11.9. The molecule has 1 unspecified atom stereocenters. The molecule has 2 bridgehead atoms. The number of fused-ring (bicyclic) bond motifs is 2. The lowest BCUT2D eigenvalue weighted by Gasteiger charge is -2.48. The molecular formula is C33H58O7. The highest BCUT2D eigenvalue weighted by atomic mass is 16.8. The minimum Gasteiger partial charge on any atom is -0.392 e. The van der Waals surface area contributed by atoms with Gasteiger partial charge in [0.2, 0.25) is 5.79 Å². The summed E-state index contributed by atoms with van der Waals surface area (Å²) in [5.74, 6) is -2.67. The van der Waals surface area contributed by atoms with Gasteiger partial charge in [-0.25, -0.2) is 0 Å². The van der Waals surface area contributed by atoms with Crippen LogP contribution in [0, 0.1) is 41.4 Å². The average Bonchev–Trinajstić information content (AvgIpc) is 3.51. The molecule has 232 valence electrons. The number of hydrogen-bond donors (Lipinski definition) is 2. The van der Waals surface area contributed by atoms with Gasteiger partial charge < -0.3 is 29.2 Å². The Morgan fingerprint density at radius 1 is 0.900 bits per heavy atom. The second-order valence-corrected chi connectivity index (χ2v) is 14.5. The van der Waals surface area contributed by atoms with Gasteiger partial charge >= 0.3 is 0 Å². The smallest absolute Gasteiger partial charge is 0.201 e. The van der Waals surface area contributed by atoms with Gasteiger partial charge in [0.15, 0.2) is 5.79 Å². The molecule has 4 heterocycles. The fraction of sp³-hybridized carbons (Fsp3) is 0.970. The Labute approximate surface area is 243 Å². The first-order valence-electron chi connectivity index (χ1n) is 16.2. The third-order valence-corrected chi connectivity index (χ3v) is 11.9. The van der Waals surface area contributed by atoms with Crippen LogP contribution in [0.25, 0.3) is 0 Å². The zero-order valence-electron chi connectivity index (χ0n) is 27.0. The Bertz CT molecular complexity index is 926. The molecule has 0 aromatic carbocycles. The summed E-state index contributed by atoms with van der Waals surface area (Å²) in [5, 5.41) is 22.6. The van der Waals surface area contributed by atoms with Crippen molar-refractivity contribution in [2.24, 2.45) is 41.4 Å². The van der Waals surface area contributed by atoms with E-state index in [2.05, 4.69) is 41.5 Å². The van der Waals surface area contributed by atoms with Crippen LogP contribution in [-0.4, -0.2) is 63.2 Å². The molecule has 0 saturated carbocycles. The number of aliphatic hydroxyl groups is 2. The lowest BCUT2D eigenvalue weighted by molar-refractivity contribution is -0.306. The molecule has 0 aromatic heterocycles. The van der Waals surface area contributed by atoms with Crippen molar-refractivity contribution in [1.82, 2.24) is 0 Å². The van der Waals surface area contributed by atoms with Crippen LogP contribution in [0.5, 0.6) is 0 Å². The molecule has 4 aliphatic rings. The van der Waals surface area contributed by atoms with Crippen molar-refractivity contribution < 1.29 is 34.0 Å². The minimum atomic E-state index is -1.20. The Morgan fingerprint density at radius 2 is 1.55 bits per heavy atom. The van der Waals surface area contributed by atoms with E-state index in [-0.39, 0.29) is 65.2 Å². The molecule has 4 rings (SSSR count). The van der Waals surface area contributed by atoms with E-state index in [1.165, 1.54) is 0 Å². The summed E-state index contributed by atoms with van der Waals surface area (Å²) in [5.41, 5.74) is -0.935. The van der Waals surface area contributed by atoms with Gasteiger partial charge in [0, 0.05) is 29.6 Å². The van der Waals surface area contributed by atoms with E-state index in [1.807, 2.05) is 34.6 Å². The summed E-state index contributed by atoms with van der Waals surface area (Å²) < 4.78 is 26.6. The average molecular weight is 567 g/mol. The van der Waals surface area contributed by atoms with Crippen molar-refractivity contribution in [2.75, 3.05) is 0 Å². The standard InChI is InChI=1S/C33H58O7/c1-12-25(27(35)22(8)26(34)23(9)28-18(4)15-20(6)32(36,14-3)39-28)29-19(5)16-30(11,38-29)33-21(7)17-31(13-2,40-33)24(10)37-33/h18-26,28-29,34,36H,12-17H2,1-11H3/t18-,19-,20+,21+,22-,23-,24?,25-,26+,28-,29-,30-,31+,32-,33+/m0/s1. The highest BCUT2D eigenvalue weighted by Gasteiger charge is 2.73. The number of ether oxygens (including phenoxy) is 4. The predicted octanol–water partition coefficient (Wildman–Crippen LogP) is 5.88. The highest BCUT2D eigenvalue weighted by molar-refractivity contribution is 5.84. The fourth-order valence-corrected chi connectivity index (χ4v) is 9.16. The van der Waals surface area contributed by atoms with Gasteiger partial charge in [0.1, 0.15) is 11.4 Å². The number of carbonyl (C=O) groups excluding carboxylic acids is 1. The molecule has 40 heavy (non-hydrogen) atoms. The molecule has 0 aliphatic carbocycles. The van der Waals surface area contributed by atoms with Crippen LogP contribution in [0.4, 0.5) is 0 Å². The predicted molar refractivity (Wildman–Crippen MR) is 154 cm³/mol. The van der Waals surface area contributed by atoms with Gasteiger partial charge in [-0.3, -0.25) is 4.79 Å². The monoisotopic (exact) mass is 566 g/mol. The van der Waals surface area contributed by atoms with Gasteiger partial charge in [0.05, 0.1) is 30.0 Å². The number of hydrogen-bond acceptors (Lipinski definition) is 7. The Hall–Kier alpha value is -0.570. The van der Waals surface area contributed by atoms with Gasteiger partial charge in [-0.2, -0.15) is 0 Å². The number of rotatable bonds is 10. The van der Waals surface area contributed by atoms with E-state index in [4.69, 9.17) is 18.9 Å². The second kappa shape index (κ2) is 11.2. The van der Waals surface area contributed by atoms with E-state index in [0.717, 1.165) is 25.7 Å². The number of ketones is 1. The van der Waals surface area contributed by atoms with E-state index < -0.39 is 29.2 Å². The fourth-order valence-electron chi connectivity index (χ4n) is 9.16. The highest BCUT2D eigenvalue weighted by Crippen LogP contribution is 2.62. The van der Waals surface area contributed by atoms with Crippen molar-refractivity contribution >= 4 is 5.78 Å². The first-order chi connectivity index (χ1) is 18.5. The Kier molecular flexibility index (Phi) is 9.03. The van der Waals surface area contributed by atoms with Crippen LogP contribution in [0.2, 0.25) is 0 Å². The molecule has 4 fully saturated rings. The summed E-state index contributed by atoms with van der Waals surface area (Å²) in [6.45, 7) is 22.6. The Morgan fingerprint density at radius 3 is 2.10 bits per heavy atom. The van der Waals surface area contributed by atoms with Crippen LogP contribution in [0.3, 0.4) is 0 Å². The van der Waals surface area contributed by atoms with Crippen molar-refractivity contribution in [2.45, 2.75) is 162 Å². The van der Waals surface area contributed by atoms with E-state index in [0.29, 0.717) is 12.8 Å². The molecule has 7 nitrogen and oxygen atoms in total. The van der Waals surface area contributed by atoms with E-state index in [9.17, 15) is 15.0 Å². The first kappa shape index (κ1) is 32.3. The summed E-state index contributed by atoms with van der Waals surface area (Å²) in [7, 11) is 0. The quantitative estimate of drug-likeness (QED) is 0.341. The van der Waals surface area contributed by atoms with Gasteiger partial charge in [-0.15, -0.1) is 0 Å². The van der Waals surface area contributed by atoms with Crippen LogP contribution in [0.15, 0.2) is 0 Å². The van der Waals surface area contributed by atoms with Crippen LogP contribution in [0.1, 0.15) is 115 Å². The third kappa shape index (κ3) is 4.83. The molecule has 15 atom stereocenters. The molecule has 4 saturated heterocycles. The maximum Gasteiger partial charge on any atom is 0.201 e. The van der Waals surface area contributed by atoms with Crippen molar-refractivity contribution in [3.63, 3.8) is 0 Å². The van der Waals surface area contributed by atoms with Crippen molar-refractivity contribution in [3.05, 3.63) is 0 Å². The van der Waals surface area contributed by atoms with Crippen LogP contribution >= 0.6 is 0 Å². The SMILES string of the molecule is CC[C@@H](C(=O)[C@@H](C)[C@@H](O)[C@H](C)[C@H]1O[C@@](O)(CC)[C@H](C)C[C@@H]1C)[C@H]1O[C@](C)([C@@]23OC(C)[C@@](CC)(C[C@H]2C)O3)C[C@@H]1C. The van der Waals surface area contributed by atoms with E-state index in [1.54, 1.807) is 0 Å². The molecule has 4 aliphatic heterocycles. The van der Waals surface area contributed by atoms with Gasteiger partial charge in [-0.05, 0) is 64.2 Å². The normalized spacial score (nSPS) is 50.1. The topological polar surface area (TPSA) is 94.5 Å². The summed E-state index contributed by atoms with van der Waals surface area (Å²) >= 11 is 0. The second-order valence-electron chi connectivity index (χ2n) is 14.5. The number of carbonyl (C=O) groups is 1. The van der Waals surface area contributed by atoms with Gasteiger partial charge in [-0.1, -0.05) is 62.3 Å². The maximum absolute atomic E-state index is 14.1. The molecule has 0 amide bonds. The maximum atomic E-state index is 14.1. The first-order valence-corrected chi connectivity index (χ1v) is 16.2. The molecule has 2 N–H and O–H groups in total. The van der Waals surface area contributed by atoms with Crippen molar-refractivity contribution in [3.8, 4) is 0 Å². The number of aliphatic hydroxyl groups excluding tert-OH is 1. The van der Waals surface area contributed by atoms with Crippen LogP contribution < -0.4 is 0 Å². The zero-order chi connectivity index (χ0) is 30.0. The lowest BCUT2D eigenvalue weighted by atomic mass is 9.73. The van der Waals surface area contributed by atoms with Crippen LogP contribution in [-0.2, 0) is 23.7 Å². The molecule has 0 aromatic rings. The molecule has 0 radical (unpaired) electrons. The summed E-state index contributed by atoms with van der Waals surface area (Å²) in [4.78, 5) is 14.1. The van der Waals surface area contributed by atoms with E-state index >= 15 is 0 Å². The Balaban J connectivity index is 1.50. The zero-order valence-corrected chi connectivity index (χ0v) is 27.0. The molecule has 0 spiro atoms. The largest absolute Gasteiger partial charge is 0.392 e. The molecular weight excluding hydrogens is 508 g/mol. The minimum absolute atomic E-state index is 0.00138. The van der Waals surface area contributed by atoms with Gasteiger partial charge in [0.25, 0.3) is 0 Å². The van der Waals surface area contributed by atoms with Crippen molar-refractivity contribution in [1.29, 1.82) is 0 Å². The summed E-state index contributed by atoms with van der Waals surface area (Å²) in [6, 6.07) is 0. The lowest BCUT2D eigenvalue weighted by Crippen LogP contribution is -2.57. The summed E-state index contributed by atoms with van der Waals surface area (Å²) in [6.07, 6.45) is 3.08. The number of Topliss-reactive ketones (excluding diaryl/α,β-unsaturated/α-hetero) is 1. The molecule has 7 heteroatoms.